The van der Waals surface area contributed by atoms with Crippen molar-refractivity contribution < 1.29 is 0 Å². The average molecular weight is 591 g/mol. The number of rotatable bonds is 5. The molecule has 0 aliphatic rings. The second kappa shape index (κ2) is 10.9. The van der Waals surface area contributed by atoms with Crippen molar-refractivity contribution in [3.63, 3.8) is 0 Å². The highest BCUT2D eigenvalue weighted by atomic mass is 32.1. The smallest absolute Gasteiger partial charge is 0.0355 e. The highest BCUT2D eigenvalue weighted by Gasteiger charge is 2.20. The van der Waals surface area contributed by atoms with E-state index in [1.54, 1.807) is 0 Å². The first kappa shape index (κ1) is 28.8. The maximum Gasteiger partial charge on any atom is 0.0355 e. The van der Waals surface area contributed by atoms with Crippen molar-refractivity contribution in [1.29, 1.82) is 0 Å². The van der Waals surface area contributed by atoms with Crippen molar-refractivity contribution in [3.8, 4) is 22.3 Å². The zero-order chi connectivity index (χ0) is 30.9. The fraction of sp³-hybridized carbons (Fsp3) is 0.256. The first-order chi connectivity index (χ1) is 21.1. The quantitative estimate of drug-likeness (QED) is 0.175. The van der Waals surface area contributed by atoms with Gasteiger partial charge in [-0.3, -0.25) is 0 Å². The highest BCUT2D eigenvalue weighted by molar-refractivity contribution is 7.25. The van der Waals surface area contributed by atoms with Gasteiger partial charge in [-0.2, -0.15) is 0 Å². The van der Waals surface area contributed by atoms with Gasteiger partial charge in [-0.1, -0.05) is 102 Å². The van der Waals surface area contributed by atoms with Crippen LogP contribution in [0.15, 0.2) is 91.0 Å². The number of fused-ring (bicyclic) bond motifs is 5. The summed E-state index contributed by atoms with van der Waals surface area (Å²) in [6.07, 6.45) is 0. The standard InChI is InChI=1S/C43H42S/c1-24(2)32-22-36(25(3)4)43(37(23-32)26(5)6)31-14-17-34-27(7)38-19-29(13-16-33(38)28(8)39(34)21-31)30-15-18-42-40(20-30)35-11-9-10-12-41(35)44-42/h9-26H,1-8H3. The number of hydrogen-bond donors (Lipinski definition) is 0. The Morgan fingerprint density at radius 2 is 0.932 bits per heavy atom. The molecule has 1 heterocycles. The van der Waals surface area contributed by atoms with Crippen LogP contribution in [0.1, 0.15) is 87.1 Å². The zero-order valence-electron chi connectivity index (χ0n) is 27.3. The molecule has 0 spiro atoms. The molecule has 0 aliphatic heterocycles. The molecule has 0 saturated heterocycles. The fourth-order valence-electron chi connectivity index (χ4n) is 7.18. The molecular weight excluding hydrogens is 549 g/mol. The number of aryl methyl sites for hydroxylation is 2. The topological polar surface area (TPSA) is 0 Å². The lowest BCUT2D eigenvalue weighted by atomic mass is 9.81. The molecule has 0 saturated carbocycles. The summed E-state index contributed by atoms with van der Waals surface area (Å²) in [5.41, 5.74) is 12.4. The lowest BCUT2D eigenvalue weighted by Crippen LogP contribution is -2.03. The fourth-order valence-corrected chi connectivity index (χ4v) is 8.27. The molecule has 0 N–H and O–H groups in total. The normalized spacial score (nSPS) is 12.2. The van der Waals surface area contributed by atoms with Crippen molar-refractivity contribution >= 4 is 53.1 Å². The van der Waals surface area contributed by atoms with E-state index < -0.39 is 0 Å². The minimum atomic E-state index is 0.459. The van der Waals surface area contributed by atoms with Crippen LogP contribution in [0.3, 0.4) is 0 Å². The molecule has 1 heteroatoms. The van der Waals surface area contributed by atoms with Gasteiger partial charge in [-0.25, -0.2) is 0 Å². The predicted molar refractivity (Wildman–Crippen MR) is 197 cm³/mol. The van der Waals surface area contributed by atoms with Gasteiger partial charge < -0.3 is 0 Å². The third-order valence-corrected chi connectivity index (χ3v) is 10.9. The van der Waals surface area contributed by atoms with Crippen molar-refractivity contribution in [3.05, 3.63) is 119 Å². The molecular formula is C43H42S. The van der Waals surface area contributed by atoms with Gasteiger partial charge in [0.25, 0.3) is 0 Å². The minimum absolute atomic E-state index is 0.459. The van der Waals surface area contributed by atoms with E-state index in [9.17, 15) is 0 Å². The van der Waals surface area contributed by atoms with Crippen molar-refractivity contribution in [2.24, 2.45) is 0 Å². The van der Waals surface area contributed by atoms with Gasteiger partial charge in [0, 0.05) is 20.2 Å². The summed E-state index contributed by atoms with van der Waals surface area (Å²) in [7, 11) is 0. The van der Waals surface area contributed by atoms with Gasteiger partial charge in [0.2, 0.25) is 0 Å². The van der Waals surface area contributed by atoms with E-state index in [4.69, 9.17) is 0 Å². The largest absolute Gasteiger partial charge is 0.135 e. The number of thiophene rings is 1. The van der Waals surface area contributed by atoms with Crippen LogP contribution in [0.4, 0.5) is 0 Å². The van der Waals surface area contributed by atoms with Gasteiger partial charge >= 0.3 is 0 Å². The number of benzene rings is 6. The molecule has 220 valence electrons. The first-order valence-electron chi connectivity index (χ1n) is 16.2. The SMILES string of the molecule is Cc1c2ccc(-c3c(C(C)C)cc(C(C)C)cc3C(C)C)cc2c(C)c2ccc(-c3ccc4sc5ccccc5c4c3)cc12. The molecule has 0 atom stereocenters. The molecule has 0 amide bonds. The Bertz CT molecular complexity index is 2190. The molecule has 7 aromatic rings. The minimum Gasteiger partial charge on any atom is -0.135 e. The second-order valence-electron chi connectivity index (χ2n) is 13.6. The molecule has 44 heavy (non-hydrogen) atoms. The van der Waals surface area contributed by atoms with Gasteiger partial charge in [0.05, 0.1) is 0 Å². The highest BCUT2D eigenvalue weighted by Crippen LogP contribution is 2.43. The van der Waals surface area contributed by atoms with E-state index in [0.29, 0.717) is 17.8 Å². The third kappa shape index (κ3) is 4.65. The van der Waals surface area contributed by atoms with Gasteiger partial charge in [-0.15, -0.1) is 11.3 Å². The summed E-state index contributed by atoms with van der Waals surface area (Å²) >= 11 is 1.88. The van der Waals surface area contributed by atoms with E-state index in [1.165, 1.54) is 91.8 Å². The lowest BCUT2D eigenvalue weighted by molar-refractivity contribution is 0.807. The van der Waals surface area contributed by atoms with Crippen LogP contribution in [0.2, 0.25) is 0 Å². The van der Waals surface area contributed by atoms with Gasteiger partial charge in [0.1, 0.15) is 0 Å². The van der Waals surface area contributed by atoms with E-state index in [2.05, 4.69) is 146 Å². The van der Waals surface area contributed by atoms with E-state index in [0.717, 1.165) is 0 Å². The zero-order valence-corrected chi connectivity index (χ0v) is 28.1. The van der Waals surface area contributed by atoms with Crippen LogP contribution in [0.25, 0.3) is 64.0 Å². The Hall–Kier alpha value is -3.94. The van der Waals surface area contributed by atoms with E-state index >= 15 is 0 Å². The molecule has 0 bridgehead atoms. The summed E-state index contributed by atoms with van der Waals surface area (Å²) in [6, 6.07) is 35.0. The van der Waals surface area contributed by atoms with Crippen molar-refractivity contribution in [2.45, 2.75) is 73.1 Å². The Kier molecular flexibility index (Phi) is 7.13. The second-order valence-corrected chi connectivity index (χ2v) is 14.7. The Labute approximate surface area is 266 Å². The first-order valence-corrected chi connectivity index (χ1v) is 17.0. The van der Waals surface area contributed by atoms with Gasteiger partial charge in [-0.05, 0) is 134 Å². The molecule has 0 radical (unpaired) electrons. The molecule has 0 unspecified atom stereocenters. The van der Waals surface area contributed by atoms with E-state index in [-0.39, 0.29) is 0 Å². The molecule has 7 rings (SSSR count). The monoisotopic (exact) mass is 590 g/mol. The summed E-state index contributed by atoms with van der Waals surface area (Å²) < 4.78 is 2.71. The van der Waals surface area contributed by atoms with E-state index in [1.807, 2.05) is 11.3 Å². The maximum atomic E-state index is 2.47. The van der Waals surface area contributed by atoms with Crippen LogP contribution >= 0.6 is 11.3 Å². The Morgan fingerprint density at radius 1 is 0.432 bits per heavy atom. The number of hydrogen-bond acceptors (Lipinski definition) is 1. The molecule has 0 fully saturated rings. The molecule has 1 aromatic heterocycles. The lowest BCUT2D eigenvalue weighted by Gasteiger charge is -2.24. The molecule has 6 aromatic carbocycles. The van der Waals surface area contributed by atoms with Crippen molar-refractivity contribution in [1.82, 2.24) is 0 Å². The summed E-state index contributed by atoms with van der Waals surface area (Å²) in [5, 5.41) is 8.12. The Morgan fingerprint density at radius 3 is 1.52 bits per heavy atom. The summed E-state index contributed by atoms with van der Waals surface area (Å²) in [5.74, 6) is 1.44. The van der Waals surface area contributed by atoms with Gasteiger partial charge in [0.15, 0.2) is 0 Å². The van der Waals surface area contributed by atoms with Crippen LogP contribution in [0, 0.1) is 13.8 Å². The predicted octanol–water partition coefficient (Wildman–Crippen LogP) is 13.7. The maximum absolute atomic E-state index is 2.47. The van der Waals surface area contributed by atoms with Crippen LogP contribution in [-0.4, -0.2) is 0 Å². The molecule has 0 aliphatic carbocycles. The average Bonchev–Trinajstić information content (AvgIpc) is 3.40. The van der Waals surface area contributed by atoms with Crippen LogP contribution < -0.4 is 0 Å². The molecule has 0 nitrogen and oxygen atoms in total. The summed E-state index contributed by atoms with van der Waals surface area (Å²) in [4.78, 5) is 0. The van der Waals surface area contributed by atoms with Crippen LogP contribution in [-0.2, 0) is 0 Å². The summed E-state index contributed by atoms with van der Waals surface area (Å²) in [6.45, 7) is 18.6. The third-order valence-electron chi connectivity index (χ3n) is 9.79. The Balaban J connectivity index is 1.40. The van der Waals surface area contributed by atoms with Crippen LogP contribution in [0.5, 0.6) is 0 Å². The van der Waals surface area contributed by atoms with Crippen molar-refractivity contribution in [2.75, 3.05) is 0 Å².